The highest BCUT2D eigenvalue weighted by Crippen LogP contribution is 2.41. The zero-order valence-electron chi connectivity index (χ0n) is 9.11. The van der Waals surface area contributed by atoms with E-state index in [4.69, 9.17) is 14.6 Å². The minimum absolute atomic E-state index is 0.312. The van der Waals surface area contributed by atoms with Crippen molar-refractivity contribution < 1.29 is 29.9 Å². The molecule has 6 heteroatoms. The molecule has 1 aliphatic carbocycles. The van der Waals surface area contributed by atoms with E-state index in [0.29, 0.717) is 0 Å². The Labute approximate surface area is 93.4 Å². The van der Waals surface area contributed by atoms with Crippen molar-refractivity contribution in [2.24, 2.45) is 0 Å². The second-order valence-corrected chi connectivity index (χ2v) is 4.77. The highest BCUT2D eigenvalue weighted by Gasteiger charge is 2.49. The molecule has 0 radical (unpaired) electrons. The summed E-state index contributed by atoms with van der Waals surface area (Å²) in [6.45, 7) is 1.45. The molecule has 1 aliphatic heterocycles. The lowest BCUT2D eigenvalue weighted by molar-refractivity contribution is -0.313. The van der Waals surface area contributed by atoms with Crippen LogP contribution in [-0.2, 0) is 9.47 Å². The predicted molar refractivity (Wildman–Crippen MR) is 52.5 cm³/mol. The summed E-state index contributed by atoms with van der Waals surface area (Å²) in [5, 5.41) is 37.7. The first-order chi connectivity index (χ1) is 7.47. The molecule has 1 heterocycles. The van der Waals surface area contributed by atoms with Gasteiger partial charge in [0.25, 0.3) is 0 Å². The summed E-state index contributed by atoms with van der Waals surface area (Å²) in [5.41, 5.74) is -0.312. The van der Waals surface area contributed by atoms with Crippen molar-refractivity contribution >= 4 is 0 Å². The molecular formula is C10H18O6. The Balaban J connectivity index is 2.01. The first-order valence-corrected chi connectivity index (χ1v) is 5.45. The summed E-state index contributed by atoms with van der Waals surface area (Å²) in [6.07, 6.45) is -4.13. The third kappa shape index (κ3) is 2.22. The Morgan fingerprint density at radius 3 is 2.31 bits per heavy atom. The molecule has 4 N–H and O–H groups in total. The van der Waals surface area contributed by atoms with Crippen LogP contribution in [-0.4, -0.2) is 63.3 Å². The third-order valence-corrected chi connectivity index (χ3v) is 3.20. The van der Waals surface area contributed by atoms with Gasteiger partial charge >= 0.3 is 0 Å². The molecule has 0 spiro atoms. The molecule has 1 saturated carbocycles. The van der Waals surface area contributed by atoms with E-state index in [9.17, 15) is 15.3 Å². The van der Waals surface area contributed by atoms with Crippen LogP contribution in [0.1, 0.15) is 19.8 Å². The SMILES string of the molecule is CC1(OC2OC(CO)C(O)C(O)C2O)CC1. The van der Waals surface area contributed by atoms with E-state index in [-0.39, 0.29) is 5.60 Å². The number of hydrogen-bond acceptors (Lipinski definition) is 6. The third-order valence-electron chi connectivity index (χ3n) is 3.20. The first kappa shape index (κ1) is 12.2. The Kier molecular flexibility index (Phi) is 3.22. The van der Waals surface area contributed by atoms with Crippen molar-refractivity contribution in [2.75, 3.05) is 6.61 Å². The van der Waals surface area contributed by atoms with Gasteiger partial charge in [0.05, 0.1) is 12.2 Å². The van der Waals surface area contributed by atoms with Crippen molar-refractivity contribution in [3.63, 3.8) is 0 Å². The summed E-state index contributed by atoms with van der Waals surface area (Å²) in [7, 11) is 0. The van der Waals surface area contributed by atoms with Gasteiger partial charge in [-0.3, -0.25) is 0 Å². The Bertz CT molecular complexity index is 252. The quantitative estimate of drug-likeness (QED) is 0.467. The Morgan fingerprint density at radius 1 is 1.19 bits per heavy atom. The van der Waals surface area contributed by atoms with Crippen LogP contribution >= 0.6 is 0 Å². The second-order valence-electron chi connectivity index (χ2n) is 4.77. The topological polar surface area (TPSA) is 99.4 Å². The second kappa shape index (κ2) is 4.21. The summed E-state index contributed by atoms with van der Waals surface area (Å²) in [6, 6.07) is 0. The van der Waals surface area contributed by atoms with Crippen LogP contribution in [0.5, 0.6) is 0 Å². The van der Waals surface area contributed by atoms with E-state index >= 15 is 0 Å². The molecule has 1 saturated heterocycles. The van der Waals surface area contributed by atoms with Gasteiger partial charge in [-0.15, -0.1) is 0 Å². The molecule has 0 aromatic heterocycles. The summed E-state index contributed by atoms with van der Waals surface area (Å²) in [5.74, 6) is 0. The fourth-order valence-corrected chi connectivity index (χ4v) is 1.74. The van der Waals surface area contributed by atoms with E-state index in [2.05, 4.69) is 0 Å². The highest BCUT2D eigenvalue weighted by atomic mass is 16.7. The van der Waals surface area contributed by atoms with Gasteiger partial charge in [-0.25, -0.2) is 0 Å². The Hall–Kier alpha value is -0.240. The monoisotopic (exact) mass is 234 g/mol. The summed E-state index contributed by atoms with van der Waals surface area (Å²) < 4.78 is 10.7. The van der Waals surface area contributed by atoms with Crippen LogP contribution in [0.15, 0.2) is 0 Å². The van der Waals surface area contributed by atoms with Crippen LogP contribution in [0.3, 0.4) is 0 Å². The number of aliphatic hydroxyl groups excluding tert-OH is 4. The molecule has 5 atom stereocenters. The molecular weight excluding hydrogens is 216 g/mol. The van der Waals surface area contributed by atoms with Crippen LogP contribution in [0.4, 0.5) is 0 Å². The minimum atomic E-state index is -1.36. The van der Waals surface area contributed by atoms with Crippen molar-refractivity contribution in [3.8, 4) is 0 Å². The van der Waals surface area contributed by atoms with Gasteiger partial charge in [-0.1, -0.05) is 0 Å². The maximum Gasteiger partial charge on any atom is 0.187 e. The molecule has 0 bridgehead atoms. The van der Waals surface area contributed by atoms with Gasteiger partial charge in [0, 0.05) is 0 Å². The van der Waals surface area contributed by atoms with Crippen molar-refractivity contribution in [2.45, 2.75) is 56.1 Å². The molecule has 2 aliphatic rings. The molecule has 5 unspecified atom stereocenters. The van der Waals surface area contributed by atoms with Gasteiger partial charge in [0.2, 0.25) is 0 Å². The molecule has 2 fully saturated rings. The zero-order chi connectivity index (χ0) is 11.9. The maximum atomic E-state index is 9.67. The van der Waals surface area contributed by atoms with Crippen LogP contribution in [0, 0.1) is 0 Å². The van der Waals surface area contributed by atoms with E-state index in [1.54, 1.807) is 0 Å². The smallest absolute Gasteiger partial charge is 0.187 e. The largest absolute Gasteiger partial charge is 0.394 e. The fourth-order valence-electron chi connectivity index (χ4n) is 1.74. The molecule has 0 aromatic carbocycles. The normalized spacial score (nSPS) is 46.7. The highest BCUT2D eigenvalue weighted by molar-refractivity contribution is 4.95. The lowest BCUT2D eigenvalue weighted by Gasteiger charge is -2.40. The molecule has 16 heavy (non-hydrogen) atoms. The molecule has 0 amide bonds. The van der Waals surface area contributed by atoms with Gasteiger partial charge in [-0.2, -0.15) is 0 Å². The van der Waals surface area contributed by atoms with Crippen LogP contribution in [0.2, 0.25) is 0 Å². The summed E-state index contributed by atoms with van der Waals surface area (Å²) in [4.78, 5) is 0. The number of hydrogen-bond donors (Lipinski definition) is 4. The Morgan fingerprint density at radius 2 is 1.81 bits per heavy atom. The van der Waals surface area contributed by atoms with Crippen molar-refractivity contribution in [1.29, 1.82) is 0 Å². The fraction of sp³-hybridized carbons (Fsp3) is 1.00. The van der Waals surface area contributed by atoms with E-state index in [0.717, 1.165) is 12.8 Å². The van der Waals surface area contributed by atoms with E-state index in [1.807, 2.05) is 6.92 Å². The number of rotatable bonds is 3. The first-order valence-electron chi connectivity index (χ1n) is 5.45. The average Bonchev–Trinajstić information content (AvgIpc) is 2.97. The zero-order valence-corrected chi connectivity index (χ0v) is 9.11. The molecule has 94 valence electrons. The van der Waals surface area contributed by atoms with Gasteiger partial charge in [0.15, 0.2) is 6.29 Å². The van der Waals surface area contributed by atoms with Gasteiger partial charge < -0.3 is 29.9 Å². The molecule has 2 rings (SSSR count). The van der Waals surface area contributed by atoms with Gasteiger partial charge in [-0.05, 0) is 19.8 Å². The van der Waals surface area contributed by atoms with Gasteiger partial charge in [0.1, 0.15) is 24.4 Å². The number of aliphatic hydroxyl groups is 4. The molecule has 6 nitrogen and oxygen atoms in total. The lowest BCUT2D eigenvalue weighted by Crippen LogP contribution is -2.59. The standard InChI is InChI=1S/C10H18O6/c1-10(2-3-10)16-9-8(14)7(13)6(12)5(4-11)15-9/h5-9,11-14H,2-4H2,1H3. The predicted octanol–water partition coefficient (Wildman–Crippen LogP) is -1.64. The molecule has 0 aromatic rings. The minimum Gasteiger partial charge on any atom is -0.394 e. The maximum absolute atomic E-state index is 9.67. The van der Waals surface area contributed by atoms with Crippen LogP contribution < -0.4 is 0 Å². The van der Waals surface area contributed by atoms with Crippen molar-refractivity contribution in [3.05, 3.63) is 0 Å². The van der Waals surface area contributed by atoms with Crippen molar-refractivity contribution in [1.82, 2.24) is 0 Å². The lowest BCUT2D eigenvalue weighted by atomic mass is 9.99. The average molecular weight is 234 g/mol. The van der Waals surface area contributed by atoms with E-state index in [1.165, 1.54) is 0 Å². The van der Waals surface area contributed by atoms with Crippen LogP contribution in [0.25, 0.3) is 0 Å². The summed E-state index contributed by atoms with van der Waals surface area (Å²) >= 11 is 0. The number of ether oxygens (including phenoxy) is 2. The van der Waals surface area contributed by atoms with E-state index < -0.39 is 37.3 Å².